The van der Waals surface area contributed by atoms with Crippen LogP contribution in [0.15, 0.2) is 39.9 Å². The van der Waals surface area contributed by atoms with Gasteiger partial charge in [-0.05, 0) is 12.1 Å². The Morgan fingerprint density at radius 1 is 1.15 bits per heavy atom. The van der Waals surface area contributed by atoms with E-state index < -0.39 is 11.2 Å². The van der Waals surface area contributed by atoms with Crippen molar-refractivity contribution in [1.29, 1.82) is 0 Å². The number of para-hydroxylation sites is 1. The zero-order valence-electron chi connectivity index (χ0n) is 14.1. The molecule has 9 heteroatoms. The van der Waals surface area contributed by atoms with Crippen LogP contribution >= 0.6 is 11.3 Å². The Bertz CT molecular complexity index is 1030. The number of H-pyrrole nitrogens is 1. The first-order valence-electron chi connectivity index (χ1n) is 8.23. The van der Waals surface area contributed by atoms with Gasteiger partial charge in [0.2, 0.25) is 0 Å². The van der Waals surface area contributed by atoms with Crippen LogP contribution in [0.5, 0.6) is 0 Å². The number of anilines is 1. The number of hydrogen-bond donors (Lipinski definition) is 1. The van der Waals surface area contributed by atoms with Crippen LogP contribution in [-0.4, -0.2) is 51.5 Å². The SMILES string of the molecule is Cn1c(=O)cc(C(=O)N2CCN(c3nc4ccccc4s3)CC2)[nH]c1=O. The predicted molar refractivity (Wildman–Crippen MR) is 100 cm³/mol. The van der Waals surface area contributed by atoms with E-state index in [4.69, 9.17) is 0 Å². The van der Waals surface area contributed by atoms with E-state index in [-0.39, 0.29) is 11.6 Å². The third-order valence-electron chi connectivity index (χ3n) is 4.50. The maximum Gasteiger partial charge on any atom is 0.328 e. The van der Waals surface area contributed by atoms with Crippen LogP contribution < -0.4 is 16.1 Å². The molecule has 0 saturated carbocycles. The van der Waals surface area contributed by atoms with Crippen LogP contribution in [0, 0.1) is 0 Å². The van der Waals surface area contributed by atoms with Crippen LogP contribution in [0.4, 0.5) is 5.13 Å². The molecule has 0 bridgehead atoms. The zero-order chi connectivity index (χ0) is 18.3. The van der Waals surface area contributed by atoms with E-state index in [0.29, 0.717) is 26.2 Å². The Labute approximate surface area is 152 Å². The molecule has 0 atom stereocenters. The smallest absolute Gasteiger partial charge is 0.328 e. The standard InChI is InChI=1S/C17H17N5O3S/c1-20-14(23)10-12(18-16(20)25)15(24)21-6-8-22(9-7-21)17-19-11-4-2-3-5-13(11)26-17/h2-5,10H,6-9H2,1H3,(H,18,25). The Hall–Kier alpha value is -2.94. The molecule has 134 valence electrons. The van der Waals surface area contributed by atoms with Crippen molar-refractivity contribution in [3.8, 4) is 0 Å². The molecule has 8 nitrogen and oxygen atoms in total. The van der Waals surface area contributed by atoms with Crippen LogP contribution in [-0.2, 0) is 7.05 Å². The summed E-state index contributed by atoms with van der Waals surface area (Å²) in [5, 5.41) is 0.945. The predicted octanol–water partition coefficient (Wildman–Crippen LogP) is 0.646. The minimum atomic E-state index is -0.589. The lowest BCUT2D eigenvalue weighted by Crippen LogP contribution is -2.49. The summed E-state index contributed by atoms with van der Waals surface area (Å²) in [5.41, 5.74) is -0.0746. The van der Waals surface area contributed by atoms with Crippen LogP contribution in [0.25, 0.3) is 10.2 Å². The molecule has 1 amide bonds. The fourth-order valence-corrected chi connectivity index (χ4v) is 3.95. The lowest BCUT2D eigenvalue weighted by molar-refractivity contribution is 0.0740. The monoisotopic (exact) mass is 371 g/mol. The van der Waals surface area contributed by atoms with Gasteiger partial charge in [-0.1, -0.05) is 23.5 Å². The summed E-state index contributed by atoms with van der Waals surface area (Å²) in [6.07, 6.45) is 0. The Morgan fingerprint density at radius 3 is 2.58 bits per heavy atom. The van der Waals surface area contributed by atoms with Gasteiger partial charge in [0.05, 0.1) is 10.2 Å². The van der Waals surface area contributed by atoms with Crippen molar-refractivity contribution < 1.29 is 4.79 Å². The number of thiazole rings is 1. The third-order valence-corrected chi connectivity index (χ3v) is 5.59. The zero-order valence-corrected chi connectivity index (χ0v) is 15.0. The Morgan fingerprint density at radius 2 is 1.88 bits per heavy atom. The van der Waals surface area contributed by atoms with Crippen LogP contribution in [0.2, 0.25) is 0 Å². The molecule has 0 spiro atoms. The number of nitrogens with one attached hydrogen (secondary N) is 1. The van der Waals surface area contributed by atoms with Crippen molar-refractivity contribution in [2.75, 3.05) is 31.1 Å². The quantitative estimate of drug-likeness (QED) is 0.714. The highest BCUT2D eigenvalue weighted by Gasteiger charge is 2.25. The second kappa shape index (κ2) is 6.41. The molecule has 3 heterocycles. The van der Waals surface area contributed by atoms with Gasteiger partial charge in [-0.2, -0.15) is 0 Å². The van der Waals surface area contributed by atoms with E-state index in [2.05, 4.69) is 14.9 Å². The largest absolute Gasteiger partial charge is 0.345 e. The number of rotatable bonds is 2. The number of fused-ring (bicyclic) bond motifs is 1. The number of piperazine rings is 1. The molecule has 1 aliphatic rings. The van der Waals surface area contributed by atoms with Gasteiger partial charge in [0, 0.05) is 39.3 Å². The Balaban J connectivity index is 1.48. The maximum absolute atomic E-state index is 12.6. The molecule has 0 radical (unpaired) electrons. The maximum atomic E-state index is 12.6. The number of aromatic nitrogens is 3. The Kier molecular flexibility index (Phi) is 4.08. The van der Waals surface area contributed by atoms with Gasteiger partial charge >= 0.3 is 5.69 Å². The number of aromatic amines is 1. The molecule has 2 aromatic heterocycles. The van der Waals surface area contributed by atoms with E-state index in [9.17, 15) is 14.4 Å². The average molecular weight is 371 g/mol. The number of hydrogen-bond acceptors (Lipinski definition) is 6. The topological polar surface area (TPSA) is 91.3 Å². The van der Waals surface area contributed by atoms with Crippen molar-refractivity contribution in [3.05, 3.63) is 56.9 Å². The molecule has 1 aliphatic heterocycles. The number of benzene rings is 1. The molecule has 4 rings (SSSR count). The normalized spacial score (nSPS) is 14.8. The second-order valence-electron chi connectivity index (χ2n) is 6.13. The molecular weight excluding hydrogens is 354 g/mol. The highest BCUT2D eigenvalue weighted by molar-refractivity contribution is 7.22. The van der Waals surface area contributed by atoms with Crippen molar-refractivity contribution in [2.24, 2.45) is 7.05 Å². The van der Waals surface area contributed by atoms with E-state index in [1.165, 1.54) is 13.1 Å². The molecule has 0 unspecified atom stereocenters. The van der Waals surface area contributed by atoms with Gasteiger partial charge in [-0.25, -0.2) is 9.78 Å². The highest BCUT2D eigenvalue weighted by atomic mass is 32.1. The van der Waals surface area contributed by atoms with E-state index >= 15 is 0 Å². The van der Waals surface area contributed by atoms with Crippen LogP contribution in [0.3, 0.4) is 0 Å². The van der Waals surface area contributed by atoms with Gasteiger partial charge in [-0.15, -0.1) is 0 Å². The molecular formula is C17H17N5O3S. The van der Waals surface area contributed by atoms with E-state index in [1.54, 1.807) is 16.2 Å². The van der Waals surface area contributed by atoms with Gasteiger partial charge < -0.3 is 14.8 Å². The summed E-state index contributed by atoms with van der Waals surface area (Å²) in [7, 11) is 1.37. The summed E-state index contributed by atoms with van der Waals surface area (Å²) < 4.78 is 2.07. The highest BCUT2D eigenvalue weighted by Crippen LogP contribution is 2.29. The first kappa shape index (κ1) is 16.5. The molecule has 26 heavy (non-hydrogen) atoms. The first-order valence-corrected chi connectivity index (χ1v) is 9.05. The molecule has 1 aromatic carbocycles. The average Bonchev–Trinajstić information content (AvgIpc) is 3.09. The van der Waals surface area contributed by atoms with Crippen molar-refractivity contribution in [2.45, 2.75) is 0 Å². The minimum absolute atomic E-state index is 0.0338. The lowest BCUT2D eigenvalue weighted by atomic mass is 10.3. The van der Waals surface area contributed by atoms with Crippen molar-refractivity contribution >= 4 is 32.6 Å². The number of carbonyl (C=O) groups is 1. The fourth-order valence-electron chi connectivity index (χ4n) is 2.94. The molecule has 1 N–H and O–H groups in total. The summed E-state index contributed by atoms with van der Waals surface area (Å²) in [4.78, 5) is 46.9. The number of amides is 1. The van der Waals surface area contributed by atoms with Crippen LogP contribution in [0.1, 0.15) is 10.5 Å². The second-order valence-corrected chi connectivity index (χ2v) is 7.14. The van der Waals surface area contributed by atoms with Gasteiger partial charge in [0.1, 0.15) is 5.69 Å². The third kappa shape index (κ3) is 2.90. The summed E-state index contributed by atoms with van der Waals surface area (Å²) in [5.74, 6) is -0.330. The summed E-state index contributed by atoms with van der Waals surface area (Å²) in [6, 6.07) is 9.16. The van der Waals surface area contributed by atoms with Gasteiger partial charge in [-0.3, -0.25) is 14.2 Å². The fraction of sp³-hybridized carbons (Fsp3) is 0.294. The number of nitrogens with zero attached hydrogens (tertiary/aromatic N) is 4. The summed E-state index contributed by atoms with van der Waals surface area (Å²) >= 11 is 1.64. The van der Waals surface area contributed by atoms with E-state index in [1.807, 2.05) is 24.3 Å². The minimum Gasteiger partial charge on any atom is -0.345 e. The lowest BCUT2D eigenvalue weighted by Gasteiger charge is -2.34. The number of carbonyl (C=O) groups excluding carboxylic acids is 1. The van der Waals surface area contributed by atoms with E-state index in [0.717, 1.165) is 19.9 Å². The molecule has 0 aliphatic carbocycles. The first-order chi connectivity index (χ1) is 12.5. The molecule has 1 saturated heterocycles. The summed E-state index contributed by atoms with van der Waals surface area (Å²) in [6.45, 7) is 2.32. The van der Waals surface area contributed by atoms with Crippen molar-refractivity contribution in [3.63, 3.8) is 0 Å². The van der Waals surface area contributed by atoms with Gasteiger partial charge in [0.15, 0.2) is 5.13 Å². The van der Waals surface area contributed by atoms with Gasteiger partial charge in [0.25, 0.3) is 11.5 Å². The van der Waals surface area contributed by atoms with Crippen molar-refractivity contribution in [1.82, 2.24) is 19.4 Å². The molecule has 3 aromatic rings. The molecule has 1 fully saturated rings.